The maximum atomic E-state index is 12.1. The van der Waals surface area contributed by atoms with E-state index >= 15 is 0 Å². The molecule has 19 heavy (non-hydrogen) atoms. The number of anilines is 2. The standard InChI is InChI=1S/C14H12Cl2N2O/c1-8-5-9(7-10(17)6-8)14(19)18-13-11(15)3-2-4-12(13)16/h2-7H,17H2,1H3,(H,18,19). The number of benzene rings is 2. The summed E-state index contributed by atoms with van der Waals surface area (Å²) in [7, 11) is 0. The van der Waals surface area contributed by atoms with Crippen LogP contribution in [0.5, 0.6) is 0 Å². The molecule has 0 spiro atoms. The first-order chi connectivity index (χ1) is 8.97. The zero-order valence-corrected chi connectivity index (χ0v) is 11.7. The number of nitrogens with one attached hydrogen (secondary N) is 1. The van der Waals surface area contributed by atoms with Crippen LogP contribution >= 0.6 is 23.2 Å². The topological polar surface area (TPSA) is 55.1 Å². The van der Waals surface area contributed by atoms with Gasteiger partial charge >= 0.3 is 0 Å². The number of para-hydroxylation sites is 1. The normalized spacial score (nSPS) is 10.3. The molecule has 2 aromatic carbocycles. The highest BCUT2D eigenvalue weighted by Gasteiger charge is 2.12. The van der Waals surface area contributed by atoms with Crippen LogP contribution in [0.1, 0.15) is 15.9 Å². The highest BCUT2D eigenvalue weighted by Crippen LogP contribution is 2.30. The Morgan fingerprint density at radius 1 is 1.16 bits per heavy atom. The van der Waals surface area contributed by atoms with Gasteiger partial charge in [-0.1, -0.05) is 29.3 Å². The average molecular weight is 295 g/mol. The Labute approximate surface area is 121 Å². The van der Waals surface area contributed by atoms with Crippen molar-refractivity contribution in [2.24, 2.45) is 0 Å². The summed E-state index contributed by atoms with van der Waals surface area (Å²) in [6, 6.07) is 10.2. The number of rotatable bonds is 2. The van der Waals surface area contributed by atoms with Crippen LogP contribution in [0.4, 0.5) is 11.4 Å². The summed E-state index contributed by atoms with van der Waals surface area (Å²) in [6.07, 6.45) is 0. The van der Waals surface area contributed by atoms with Gasteiger partial charge in [0.2, 0.25) is 0 Å². The van der Waals surface area contributed by atoms with Crippen molar-refractivity contribution >= 4 is 40.5 Å². The van der Waals surface area contributed by atoms with Crippen LogP contribution in [0.2, 0.25) is 10.0 Å². The SMILES string of the molecule is Cc1cc(N)cc(C(=O)Nc2c(Cl)cccc2Cl)c1. The molecule has 0 fully saturated rings. The van der Waals surface area contributed by atoms with Crippen LogP contribution in [-0.2, 0) is 0 Å². The second-order valence-corrected chi connectivity index (χ2v) is 5.00. The number of carbonyl (C=O) groups excluding carboxylic acids is 1. The first-order valence-corrected chi connectivity index (χ1v) is 6.35. The largest absolute Gasteiger partial charge is 0.399 e. The molecule has 2 rings (SSSR count). The van der Waals surface area contributed by atoms with Crippen molar-refractivity contribution in [2.75, 3.05) is 11.1 Å². The molecule has 3 nitrogen and oxygen atoms in total. The molecule has 98 valence electrons. The fourth-order valence-corrected chi connectivity index (χ4v) is 2.24. The minimum Gasteiger partial charge on any atom is -0.399 e. The van der Waals surface area contributed by atoms with Crippen molar-refractivity contribution in [1.82, 2.24) is 0 Å². The zero-order chi connectivity index (χ0) is 14.0. The number of nitrogens with two attached hydrogens (primary N) is 1. The summed E-state index contributed by atoms with van der Waals surface area (Å²) in [5.74, 6) is -0.301. The third kappa shape index (κ3) is 3.19. The third-order valence-electron chi connectivity index (χ3n) is 2.56. The van der Waals surface area contributed by atoms with Gasteiger partial charge in [0.1, 0.15) is 0 Å². The van der Waals surface area contributed by atoms with E-state index in [0.29, 0.717) is 27.0 Å². The molecular weight excluding hydrogens is 283 g/mol. The van der Waals surface area contributed by atoms with Gasteiger partial charge in [-0.15, -0.1) is 0 Å². The summed E-state index contributed by atoms with van der Waals surface area (Å²) in [4.78, 5) is 12.1. The minimum absolute atomic E-state index is 0.301. The molecule has 2 aromatic rings. The smallest absolute Gasteiger partial charge is 0.255 e. The van der Waals surface area contributed by atoms with Gasteiger partial charge in [-0.25, -0.2) is 0 Å². The number of hydrogen-bond donors (Lipinski definition) is 2. The van der Waals surface area contributed by atoms with E-state index in [9.17, 15) is 4.79 Å². The molecular formula is C14H12Cl2N2O. The van der Waals surface area contributed by atoms with Crippen molar-refractivity contribution in [2.45, 2.75) is 6.92 Å². The molecule has 0 aromatic heterocycles. The summed E-state index contributed by atoms with van der Waals surface area (Å²) in [5, 5.41) is 3.47. The van der Waals surface area contributed by atoms with E-state index in [0.717, 1.165) is 5.56 Å². The van der Waals surface area contributed by atoms with Gasteiger partial charge in [-0.2, -0.15) is 0 Å². The summed E-state index contributed by atoms with van der Waals surface area (Å²) >= 11 is 12.0. The lowest BCUT2D eigenvalue weighted by Crippen LogP contribution is -2.13. The van der Waals surface area contributed by atoms with Crippen molar-refractivity contribution in [3.05, 3.63) is 57.6 Å². The van der Waals surface area contributed by atoms with Gasteiger partial charge in [0, 0.05) is 11.3 Å². The number of amides is 1. The molecule has 0 saturated carbocycles. The molecule has 0 aliphatic carbocycles. The van der Waals surface area contributed by atoms with E-state index in [2.05, 4.69) is 5.32 Å². The van der Waals surface area contributed by atoms with Crippen molar-refractivity contribution < 1.29 is 4.79 Å². The average Bonchev–Trinajstić information content (AvgIpc) is 2.32. The molecule has 1 amide bonds. The van der Waals surface area contributed by atoms with E-state index in [-0.39, 0.29) is 5.91 Å². The van der Waals surface area contributed by atoms with Gasteiger partial charge in [-0.05, 0) is 42.8 Å². The molecule has 3 N–H and O–H groups in total. The molecule has 0 heterocycles. The fraction of sp³-hybridized carbons (Fsp3) is 0.0714. The van der Waals surface area contributed by atoms with Crippen LogP contribution in [0.25, 0.3) is 0 Å². The Kier molecular flexibility index (Phi) is 3.98. The van der Waals surface area contributed by atoms with E-state index < -0.39 is 0 Å². The third-order valence-corrected chi connectivity index (χ3v) is 3.19. The van der Waals surface area contributed by atoms with E-state index in [4.69, 9.17) is 28.9 Å². The Hall–Kier alpha value is -1.71. The number of carbonyl (C=O) groups is 1. The van der Waals surface area contributed by atoms with E-state index in [1.54, 1.807) is 36.4 Å². The second-order valence-electron chi connectivity index (χ2n) is 4.18. The molecule has 0 bridgehead atoms. The van der Waals surface area contributed by atoms with Gasteiger partial charge in [-0.3, -0.25) is 4.79 Å². The minimum atomic E-state index is -0.301. The zero-order valence-electron chi connectivity index (χ0n) is 10.2. The summed E-state index contributed by atoms with van der Waals surface area (Å²) in [6.45, 7) is 1.87. The molecule has 0 aliphatic rings. The van der Waals surface area contributed by atoms with Crippen molar-refractivity contribution in [3.8, 4) is 0 Å². The first kappa shape index (κ1) is 13.7. The molecule has 5 heteroatoms. The van der Waals surface area contributed by atoms with Crippen LogP contribution in [0, 0.1) is 6.92 Å². The van der Waals surface area contributed by atoms with E-state index in [1.807, 2.05) is 6.92 Å². The summed E-state index contributed by atoms with van der Waals surface area (Å²) in [5.41, 5.74) is 8.03. The maximum absolute atomic E-state index is 12.1. The van der Waals surface area contributed by atoms with Crippen LogP contribution in [0.3, 0.4) is 0 Å². The van der Waals surface area contributed by atoms with Crippen molar-refractivity contribution in [1.29, 1.82) is 0 Å². The summed E-state index contributed by atoms with van der Waals surface area (Å²) < 4.78 is 0. The first-order valence-electron chi connectivity index (χ1n) is 5.60. The van der Waals surface area contributed by atoms with Crippen LogP contribution in [-0.4, -0.2) is 5.91 Å². The quantitative estimate of drug-likeness (QED) is 0.818. The van der Waals surface area contributed by atoms with Crippen LogP contribution in [0.15, 0.2) is 36.4 Å². The maximum Gasteiger partial charge on any atom is 0.255 e. The Morgan fingerprint density at radius 3 is 2.37 bits per heavy atom. The highest BCUT2D eigenvalue weighted by molar-refractivity contribution is 6.40. The fourth-order valence-electron chi connectivity index (χ4n) is 1.75. The molecule has 0 radical (unpaired) electrons. The number of nitrogen functional groups attached to an aromatic ring is 1. The highest BCUT2D eigenvalue weighted by atomic mass is 35.5. The number of halogens is 2. The lowest BCUT2D eigenvalue weighted by atomic mass is 10.1. The number of aryl methyl sites for hydroxylation is 1. The molecule has 0 atom stereocenters. The predicted octanol–water partition coefficient (Wildman–Crippen LogP) is 4.14. The van der Waals surface area contributed by atoms with Gasteiger partial charge in [0.15, 0.2) is 0 Å². The van der Waals surface area contributed by atoms with Gasteiger partial charge in [0.05, 0.1) is 15.7 Å². The molecule has 0 saturated heterocycles. The van der Waals surface area contributed by atoms with E-state index in [1.165, 1.54) is 0 Å². The Balaban J connectivity index is 2.31. The lowest BCUT2D eigenvalue weighted by Gasteiger charge is -2.10. The van der Waals surface area contributed by atoms with Crippen molar-refractivity contribution in [3.63, 3.8) is 0 Å². The monoisotopic (exact) mass is 294 g/mol. The second kappa shape index (κ2) is 5.51. The van der Waals surface area contributed by atoms with Gasteiger partial charge < -0.3 is 11.1 Å². The lowest BCUT2D eigenvalue weighted by molar-refractivity contribution is 0.102. The number of hydrogen-bond acceptors (Lipinski definition) is 2. The molecule has 0 unspecified atom stereocenters. The van der Waals surface area contributed by atoms with Gasteiger partial charge in [0.25, 0.3) is 5.91 Å². The van der Waals surface area contributed by atoms with Crippen LogP contribution < -0.4 is 11.1 Å². The Morgan fingerprint density at radius 2 is 1.79 bits per heavy atom. The molecule has 0 aliphatic heterocycles. The predicted molar refractivity (Wildman–Crippen MR) is 80.0 cm³/mol. The Bertz CT molecular complexity index is 601.